The maximum absolute atomic E-state index is 11.2. The number of rotatable bonds is 5. The number of halogens is 2. The molecule has 0 unspecified atom stereocenters. The predicted molar refractivity (Wildman–Crippen MR) is 86.2 cm³/mol. The van der Waals surface area contributed by atoms with Crippen LogP contribution in [0, 0.1) is 10.1 Å². The fourth-order valence-electron chi connectivity index (χ4n) is 2.09. The van der Waals surface area contributed by atoms with E-state index in [0.717, 1.165) is 11.1 Å². The molecule has 0 amide bonds. The maximum atomic E-state index is 11.2. The molecule has 110 valence electrons. The molecule has 0 N–H and O–H groups in total. The summed E-state index contributed by atoms with van der Waals surface area (Å²) >= 11 is 11.9. The van der Waals surface area contributed by atoms with Gasteiger partial charge in [0, 0.05) is 30.6 Å². The molecule has 0 aliphatic rings. The van der Waals surface area contributed by atoms with Gasteiger partial charge in [-0.2, -0.15) is 0 Å². The molecule has 2 rings (SSSR count). The fraction of sp³-hybridized carbons (Fsp3) is 0.200. The Kier molecular flexibility index (Phi) is 5.04. The summed E-state index contributed by atoms with van der Waals surface area (Å²) in [6, 6.07) is 12.5. The zero-order valence-electron chi connectivity index (χ0n) is 11.4. The number of anilines is 1. The van der Waals surface area contributed by atoms with Crippen molar-refractivity contribution in [2.24, 2.45) is 0 Å². The third-order valence-corrected chi connectivity index (χ3v) is 3.84. The van der Waals surface area contributed by atoms with E-state index in [0.29, 0.717) is 17.3 Å². The van der Waals surface area contributed by atoms with Crippen molar-refractivity contribution in [2.45, 2.75) is 12.4 Å². The van der Waals surface area contributed by atoms with Gasteiger partial charge in [-0.1, -0.05) is 35.9 Å². The maximum Gasteiger partial charge on any atom is 0.292 e. The van der Waals surface area contributed by atoms with E-state index in [2.05, 4.69) is 0 Å². The van der Waals surface area contributed by atoms with Crippen molar-refractivity contribution in [2.75, 3.05) is 11.9 Å². The summed E-state index contributed by atoms with van der Waals surface area (Å²) in [6.45, 7) is 0.487. The highest BCUT2D eigenvalue weighted by Crippen LogP contribution is 2.30. The number of benzene rings is 2. The molecule has 0 bridgehead atoms. The lowest BCUT2D eigenvalue weighted by Crippen LogP contribution is -2.18. The largest absolute Gasteiger partial charge is 0.365 e. The van der Waals surface area contributed by atoms with Gasteiger partial charge in [-0.15, -0.1) is 11.6 Å². The topological polar surface area (TPSA) is 46.4 Å². The lowest BCUT2D eigenvalue weighted by atomic mass is 10.1. The summed E-state index contributed by atoms with van der Waals surface area (Å²) in [5.41, 5.74) is 2.21. The zero-order chi connectivity index (χ0) is 15.4. The quantitative estimate of drug-likeness (QED) is 0.458. The van der Waals surface area contributed by atoms with Gasteiger partial charge in [0.2, 0.25) is 0 Å². The fourth-order valence-corrected chi connectivity index (χ4v) is 2.45. The summed E-state index contributed by atoms with van der Waals surface area (Å²) in [5.74, 6) is 0.245. The second-order valence-electron chi connectivity index (χ2n) is 4.66. The molecule has 0 fully saturated rings. The lowest BCUT2D eigenvalue weighted by Gasteiger charge is -2.20. The molecule has 0 radical (unpaired) electrons. The van der Waals surface area contributed by atoms with Gasteiger partial charge in [0.25, 0.3) is 5.69 Å². The molecule has 0 aliphatic carbocycles. The Morgan fingerprint density at radius 1 is 1.24 bits per heavy atom. The van der Waals surface area contributed by atoms with Crippen LogP contribution >= 0.6 is 23.2 Å². The number of nitro groups is 1. The Balaban J connectivity index is 2.33. The van der Waals surface area contributed by atoms with Gasteiger partial charge in [-0.25, -0.2) is 0 Å². The van der Waals surface area contributed by atoms with Crippen molar-refractivity contribution >= 4 is 34.6 Å². The number of hydrogen-bond donors (Lipinski definition) is 0. The van der Waals surface area contributed by atoms with Gasteiger partial charge in [-0.05, 0) is 23.3 Å². The predicted octanol–water partition coefficient (Wildman–Crippen LogP) is 4.62. The minimum atomic E-state index is -0.394. The molecule has 0 heterocycles. The number of alkyl halides is 1. The molecule has 2 aromatic carbocycles. The third kappa shape index (κ3) is 3.65. The monoisotopic (exact) mass is 324 g/mol. The van der Waals surface area contributed by atoms with Crippen molar-refractivity contribution in [1.29, 1.82) is 0 Å². The van der Waals surface area contributed by atoms with Crippen molar-refractivity contribution in [1.82, 2.24) is 0 Å². The second-order valence-corrected chi connectivity index (χ2v) is 5.34. The van der Waals surface area contributed by atoms with Crippen LogP contribution in [-0.4, -0.2) is 12.0 Å². The van der Waals surface area contributed by atoms with E-state index >= 15 is 0 Å². The van der Waals surface area contributed by atoms with Crippen molar-refractivity contribution in [3.63, 3.8) is 0 Å². The molecule has 0 saturated heterocycles. The molecule has 0 saturated carbocycles. The Bertz CT molecular complexity index is 662. The molecule has 0 aliphatic heterocycles. The van der Waals surface area contributed by atoms with Crippen LogP contribution in [0.4, 0.5) is 11.4 Å². The first-order chi connectivity index (χ1) is 10.0. The van der Waals surface area contributed by atoms with Gasteiger partial charge in [0.05, 0.1) is 4.92 Å². The summed E-state index contributed by atoms with van der Waals surface area (Å²) < 4.78 is 0. The van der Waals surface area contributed by atoms with Gasteiger partial charge in [0.1, 0.15) is 5.69 Å². The van der Waals surface area contributed by atoms with Crippen LogP contribution in [-0.2, 0) is 12.4 Å². The van der Waals surface area contributed by atoms with Crippen LogP contribution in [0.15, 0.2) is 42.5 Å². The van der Waals surface area contributed by atoms with Crippen molar-refractivity contribution in [3.05, 3.63) is 68.7 Å². The first kappa shape index (κ1) is 15.6. The van der Waals surface area contributed by atoms with E-state index in [1.807, 2.05) is 18.2 Å². The number of nitrogens with zero attached hydrogens (tertiary/aromatic N) is 2. The van der Waals surface area contributed by atoms with Crippen LogP contribution < -0.4 is 4.90 Å². The van der Waals surface area contributed by atoms with Crippen LogP contribution in [0.3, 0.4) is 0 Å². The molecular formula is C15H14Cl2N2O2. The molecule has 6 heteroatoms. The third-order valence-electron chi connectivity index (χ3n) is 3.17. The molecule has 2 aromatic rings. The number of nitro benzene ring substituents is 1. The lowest BCUT2D eigenvalue weighted by molar-refractivity contribution is -0.384. The second kappa shape index (κ2) is 6.78. The van der Waals surface area contributed by atoms with E-state index in [9.17, 15) is 10.1 Å². The average molecular weight is 325 g/mol. The molecule has 21 heavy (non-hydrogen) atoms. The Morgan fingerprint density at radius 3 is 2.57 bits per heavy atom. The standard InChI is InChI=1S/C15H14Cl2N2O2/c1-18(10-12-4-2-3-5-13(12)17)14-7-6-11(9-16)8-15(14)19(20)21/h2-8H,9-10H2,1H3. The number of hydrogen-bond acceptors (Lipinski definition) is 3. The minimum absolute atomic E-state index is 0.0442. The highest BCUT2D eigenvalue weighted by atomic mass is 35.5. The molecule has 0 spiro atoms. The molecule has 0 aromatic heterocycles. The summed E-state index contributed by atoms with van der Waals surface area (Å²) in [7, 11) is 1.80. The van der Waals surface area contributed by atoms with Crippen molar-refractivity contribution in [3.8, 4) is 0 Å². The normalized spacial score (nSPS) is 10.4. The average Bonchev–Trinajstić information content (AvgIpc) is 2.48. The van der Waals surface area contributed by atoms with E-state index in [1.54, 1.807) is 30.1 Å². The van der Waals surface area contributed by atoms with Crippen molar-refractivity contribution < 1.29 is 4.92 Å². The van der Waals surface area contributed by atoms with Crippen LogP contribution in [0.1, 0.15) is 11.1 Å². The van der Waals surface area contributed by atoms with E-state index < -0.39 is 4.92 Å². The zero-order valence-corrected chi connectivity index (χ0v) is 12.9. The van der Waals surface area contributed by atoms with E-state index in [4.69, 9.17) is 23.2 Å². The van der Waals surface area contributed by atoms with Gasteiger partial charge in [0.15, 0.2) is 0 Å². The SMILES string of the molecule is CN(Cc1ccccc1Cl)c1ccc(CCl)cc1[N+](=O)[O-]. The Hall–Kier alpha value is -1.78. The van der Waals surface area contributed by atoms with Crippen LogP contribution in [0.5, 0.6) is 0 Å². The van der Waals surface area contributed by atoms with Gasteiger partial charge < -0.3 is 4.90 Å². The van der Waals surface area contributed by atoms with Crippen LogP contribution in [0.2, 0.25) is 5.02 Å². The Labute approximate surface area is 133 Å². The smallest absolute Gasteiger partial charge is 0.292 e. The van der Waals surface area contributed by atoms with Gasteiger partial charge in [-0.3, -0.25) is 10.1 Å². The minimum Gasteiger partial charge on any atom is -0.365 e. The summed E-state index contributed by atoms with van der Waals surface area (Å²) in [4.78, 5) is 12.6. The first-order valence-electron chi connectivity index (χ1n) is 6.30. The summed E-state index contributed by atoms with van der Waals surface area (Å²) in [5, 5.41) is 11.9. The highest BCUT2D eigenvalue weighted by molar-refractivity contribution is 6.31. The van der Waals surface area contributed by atoms with E-state index in [1.165, 1.54) is 6.07 Å². The Morgan fingerprint density at radius 2 is 1.95 bits per heavy atom. The summed E-state index contributed by atoms with van der Waals surface area (Å²) in [6.07, 6.45) is 0. The molecule has 0 atom stereocenters. The molecule has 4 nitrogen and oxygen atoms in total. The highest BCUT2D eigenvalue weighted by Gasteiger charge is 2.18. The molecular weight excluding hydrogens is 311 g/mol. The van der Waals surface area contributed by atoms with E-state index in [-0.39, 0.29) is 11.6 Å². The van der Waals surface area contributed by atoms with Gasteiger partial charge >= 0.3 is 0 Å². The first-order valence-corrected chi connectivity index (χ1v) is 7.22. The van der Waals surface area contributed by atoms with Crippen LogP contribution in [0.25, 0.3) is 0 Å².